The number of hydrogen-bond donors (Lipinski definition) is 2. The van der Waals surface area contributed by atoms with Crippen LogP contribution in [0.15, 0.2) is 24.4 Å². The van der Waals surface area contributed by atoms with Crippen LogP contribution in [-0.2, 0) is 4.79 Å². The highest BCUT2D eigenvalue weighted by atomic mass is 35.5. The maximum absolute atomic E-state index is 12.1. The largest absolute Gasteiger partial charge is 0.325 e. The molecule has 0 saturated carbocycles. The summed E-state index contributed by atoms with van der Waals surface area (Å²) in [5, 5.41) is 10.7. The SMILES string of the molecule is Cc1cc(C)n(-c2ccc(NC(=O)CCC3CCNCC3)cn2)n1.Cl.Cl. The molecular formula is C18H27Cl2N5O. The number of pyridine rings is 1. The van der Waals surface area contributed by atoms with Gasteiger partial charge in [0.1, 0.15) is 0 Å². The molecule has 8 heteroatoms. The van der Waals surface area contributed by atoms with Gasteiger partial charge in [-0.05, 0) is 70.3 Å². The van der Waals surface area contributed by atoms with Gasteiger partial charge in [0.15, 0.2) is 5.82 Å². The first-order chi connectivity index (χ1) is 11.6. The maximum Gasteiger partial charge on any atom is 0.224 e. The highest BCUT2D eigenvalue weighted by molar-refractivity contribution is 5.90. The van der Waals surface area contributed by atoms with Crippen molar-refractivity contribution in [2.45, 2.75) is 39.5 Å². The van der Waals surface area contributed by atoms with Crippen molar-refractivity contribution in [2.75, 3.05) is 18.4 Å². The number of aryl methyl sites for hydroxylation is 2. The van der Waals surface area contributed by atoms with E-state index in [-0.39, 0.29) is 30.7 Å². The summed E-state index contributed by atoms with van der Waals surface area (Å²) in [6, 6.07) is 5.77. The Balaban J connectivity index is 0.00000169. The van der Waals surface area contributed by atoms with E-state index < -0.39 is 0 Å². The van der Waals surface area contributed by atoms with Gasteiger partial charge in [0, 0.05) is 12.1 Å². The summed E-state index contributed by atoms with van der Waals surface area (Å²) in [7, 11) is 0. The van der Waals surface area contributed by atoms with E-state index in [1.54, 1.807) is 10.9 Å². The van der Waals surface area contributed by atoms with Crippen molar-refractivity contribution in [3.8, 4) is 5.82 Å². The summed E-state index contributed by atoms with van der Waals surface area (Å²) in [6.07, 6.45) is 5.57. The molecule has 6 nitrogen and oxygen atoms in total. The number of halogens is 2. The van der Waals surface area contributed by atoms with Crippen LogP contribution in [0.25, 0.3) is 5.82 Å². The molecule has 1 fully saturated rings. The molecule has 2 aromatic rings. The van der Waals surface area contributed by atoms with E-state index in [0.717, 1.165) is 42.4 Å². The maximum atomic E-state index is 12.1. The Bertz CT molecular complexity index is 696. The van der Waals surface area contributed by atoms with Crippen LogP contribution in [0.2, 0.25) is 0 Å². The van der Waals surface area contributed by atoms with Crippen molar-refractivity contribution in [1.29, 1.82) is 0 Å². The second-order valence-corrected chi connectivity index (χ2v) is 6.52. The predicted octanol–water partition coefficient (Wildman–Crippen LogP) is 3.45. The first-order valence-corrected chi connectivity index (χ1v) is 8.62. The van der Waals surface area contributed by atoms with Crippen molar-refractivity contribution in [3.05, 3.63) is 35.8 Å². The summed E-state index contributed by atoms with van der Waals surface area (Å²) in [6.45, 7) is 6.10. The lowest BCUT2D eigenvalue weighted by Crippen LogP contribution is -2.28. The quantitative estimate of drug-likeness (QED) is 0.807. The molecule has 2 N–H and O–H groups in total. The van der Waals surface area contributed by atoms with Crippen LogP contribution in [0.5, 0.6) is 0 Å². The molecule has 1 aliphatic rings. The molecule has 26 heavy (non-hydrogen) atoms. The average molecular weight is 400 g/mol. The third-order valence-electron chi connectivity index (χ3n) is 4.50. The number of carbonyl (C=O) groups is 1. The number of aromatic nitrogens is 3. The van der Waals surface area contributed by atoms with Crippen LogP contribution in [0.1, 0.15) is 37.1 Å². The van der Waals surface area contributed by atoms with E-state index >= 15 is 0 Å². The average Bonchev–Trinajstić information content (AvgIpc) is 2.93. The fourth-order valence-corrected chi connectivity index (χ4v) is 3.18. The number of anilines is 1. The minimum absolute atomic E-state index is 0. The summed E-state index contributed by atoms with van der Waals surface area (Å²) >= 11 is 0. The second kappa shape index (κ2) is 10.5. The zero-order chi connectivity index (χ0) is 16.9. The molecule has 0 radical (unpaired) electrons. The van der Waals surface area contributed by atoms with E-state index in [2.05, 4.69) is 20.7 Å². The number of nitrogens with zero attached hydrogens (tertiary/aromatic N) is 3. The van der Waals surface area contributed by atoms with Gasteiger partial charge in [0.2, 0.25) is 5.91 Å². The zero-order valence-electron chi connectivity index (χ0n) is 15.2. The van der Waals surface area contributed by atoms with Crippen molar-refractivity contribution in [3.63, 3.8) is 0 Å². The Morgan fingerprint density at radius 2 is 2.00 bits per heavy atom. The molecule has 1 aliphatic heterocycles. The molecule has 2 aromatic heterocycles. The van der Waals surface area contributed by atoms with E-state index in [1.807, 2.05) is 32.0 Å². The number of nitrogens with one attached hydrogen (secondary N) is 2. The molecule has 1 saturated heterocycles. The number of rotatable bonds is 5. The lowest BCUT2D eigenvalue weighted by atomic mass is 9.93. The van der Waals surface area contributed by atoms with Crippen molar-refractivity contribution in [2.24, 2.45) is 5.92 Å². The third-order valence-corrected chi connectivity index (χ3v) is 4.50. The Morgan fingerprint density at radius 3 is 2.58 bits per heavy atom. The fraction of sp³-hybridized carbons (Fsp3) is 0.500. The molecule has 3 rings (SSSR count). The molecule has 144 valence electrons. The van der Waals surface area contributed by atoms with Crippen LogP contribution >= 0.6 is 24.8 Å². The van der Waals surface area contributed by atoms with Crippen molar-refractivity contribution >= 4 is 36.4 Å². The molecule has 0 atom stereocenters. The molecule has 3 heterocycles. The molecular weight excluding hydrogens is 373 g/mol. The lowest BCUT2D eigenvalue weighted by molar-refractivity contribution is -0.116. The van der Waals surface area contributed by atoms with Crippen LogP contribution in [0.3, 0.4) is 0 Å². The summed E-state index contributed by atoms with van der Waals surface area (Å²) in [4.78, 5) is 16.5. The van der Waals surface area contributed by atoms with E-state index in [1.165, 1.54) is 12.8 Å². The topological polar surface area (TPSA) is 71.8 Å². The number of carbonyl (C=O) groups excluding carboxylic acids is 1. The first kappa shape index (κ1) is 22.4. The highest BCUT2D eigenvalue weighted by Crippen LogP contribution is 2.18. The summed E-state index contributed by atoms with van der Waals surface area (Å²) in [5.41, 5.74) is 2.74. The Hall–Kier alpha value is -1.63. The summed E-state index contributed by atoms with van der Waals surface area (Å²) < 4.78 is 1.80. The minimum atomic E-state index is 0. The monoisotopic (exact) mass is 399 g/mol. The van der Waals surface area contributed by atoms with Gasteiger partial charge in [-0.2, -0.15) is 5.10 Å². The highest BCUT2D eigenvalue weighted by Gasteiger charge is 2.14. The van der Waals surface area contributed by atoms with Crippen LogP contribution in [-0.4, -0.2) is 33.8 Å². The molecule has 1 amide bonds. The van der Waals surface area contributed by atoms with Crippen LogP contribution < -0.4 is 10.6 Å². The molecule has 0 spiro atoms. The van der Waals surface area contributed by atoms with E-state index in [9.17, 15) is 4.79 Å². The molecule has 0 bridgehead atoms. The Kier molecular flexibility index (Phi) is 9.05. The van der Waals surface area contributed by atoms with E-state index in [4.69, 9.17) is 0 Å². The third kappa shape index (κ3) is 5.97. The number of amides is 1. The Labute approximate surface area is 167 Å². The second-order valence-electron chi connectivity index (χ2n) is 6.52. The van der Waals surface area contributed by atoms with Crippen LogP contribution in [0, 0.1) is 19.8 Å². The van der Waals surface area contributed by atoms with Gasteiger partial charge in [-0.25, -0.2) is 9.67 Å². The first-order valence-electron chi connectivity index (χ1n) is 8.62. The van der Waals surface area contributed by atoms with Gasteiger partial charge < -0.3 is 10.6 Å². The van der Waals surface area contributed by atoms with Gasteiger partial charge >= 0.3 is 0 Å². The van der Waals surface area contributed by atoms with Gasteiger partial charge in [-0.1, -0.05) is 0 Å². The van der Waals surface area contributed by atoms with Gasteiger partial charge in [0.25, 0.3) is 0 Å². The Morgan fingerprint density at radius 1 is 1.27 bits per heavy atom. The minimum Gasteiger partial charge on any atom is -0.325 e. The van der Waals surface area contributed by atoms with Gasteiger partial charge in [0.05, 0.1) is 17.6 Å². The van der Waals surface area contributed by atoms with Crippen molar-refractivity contribution in [1.82, 2.24) is 20.1 Å². The number of piperidine rings is 1. The predicted molar refractivity (Wildman–Crippen MR) is 109 cm³/mol. The lowest BCUT2D eigenvalue weighted by Gasteiger charge is -2.22. The smallest absolute Gasteiger partial charge is 0.224 e. The van der Waals surface area contributed by atoms with Crippen LogP contribution in [0.4, 0.5) is 5.69 Å². The fourth-order valence-electron chi connectivity index (χ4n) is 3.18. The molecule has 0 aliphatic carbocycles. The van der Waals surface area contributed by atoms with Gasteiger partial charge in [-0.3, -0.25) is 4.79 Å². The molecule has 0 unspecified atom stereocenters. The van der Waals surface area contributed by atoms with Crippen molar-refractivity contribution < 1.29 is 4.79 Å². The zero-order valence-corrected chi connectivity index (χ0v) is 16.8. The number of hydrogen-bond acceptors (Lipinski definition) is 4. The summed E-state index contributed by atoms with van der Waals surface area (Å²) in [5.74, 6) is 1.49. The van der Waals surface area contributed by atoms with Gasteiger partial charge in [-0.15, -0.1) is 24.8 Å². The normalized spacial score (nSPS) is 14.2. The van der Waals surface area contributed by atoms with E-state index in [0.29, 0.717) is 12.3 Å². The standard InChI is InChI=1S/C18H25N5O.2ClH/c1-13-11-14(2)23(22-13)17-5-4-16(12-20-17)21-18(24)6-3-15-7-9-19-10-8-15;;/h4-5,11-12,15,19H,3,6-10H2,1-2H3,(H,21,24);2*1H. The molecule has 0 aromatic carbocycles.